The molecule has 0 rings (SSSR count). The number of esters is 1. The van der Waals surface area contributed by atoms with Crippen molar-refractivity contribution in [2.75, 3.05) is 7.11 Å². The predicted molar refractivity (Wildman–Crippen MR) is 78.2 cm³/mol. The Morgan fingerprint density at radius 3 is 1.31 bits per heavy atom. The highest BCUT2D eigenvalue weighted by Crippen LogP contribution is 2.64. The van der Waals surface area contributed by atoms with E-state index < -0.39 is 72.4 Å². The Hall–Kier alpha value is -2.06. The van der Waals surface area contributed by atoms with Crippen LogP contribution in [0, 0.1) is 0 Å². The Balaban J connectivity index is 6.50. The van der Waals surface area contributed by atoms with Crippen molar-refractivity contribution in [1.82, 2.24) is 0 Å². The van der Waals surface area contributed by atoms with E-state index in [-0.39, 0.29) is 6.08 Å². The van der Waals surface area contributed by atoms with E-state index in [4.69, 9.17) is 0 Å². The van der Waals surface area contributed by atoms with Crippen molar-refractivity contribution in [2.45, 2.75) is 66.4 Å². The molecule has 214 valence electrons. The smallest absolute Gasteiger partial charge is 0.405 e. The predicted octanol–water partition coefficient (Wildman–Crippen LogP) is 5.80. The molecule has 1 atom stereocenters. The van der Waals surface area contributed by atoms with Crippen molar-refractivity contribution >= 4 is 5.97 Å². The Morgan fingerprint density at radius 1 is 0.667 bits per heavy atom. The zero-order valence-corrected chi connectivity index (χ0v) is 16.8. The van der Waals surface area contributed by atoms with E-state index in [0.717, 1.165) is 0 Å². The molecule has 0 saturated heterocycles. The number of ether oxygens (including phenoxy) is 2. The van der Waals surface area contributed by atoms with Gasteiger partial charge >= 0.3 is 59.6 Å². The quantitative estimate of drug-likeness (QED) is 0.138. The van der Waals surface area contributed by atoms with Crippen LogP contribution in [0.2, 0.25) is 0 Å². The first-order chi connectivity index (χ1) is 15.5. The summed E-state index contributed by atoms with van der Waals surface area (Å²) in [5.74, 6) is -62.9. The van der Waals surface area contributed by atoms with Gasteiger partial charge in [-0.15, -0.1) is 0 Å². The summed E-state index contributed by atoms with van der Waals surface area (Å²) in [4.78, 5) is 10.9. The molecule has 0 aromatic rings. The van der Waals surface area contributed by atoms with Crippen molar-refractivity contribution in [3.05, 3.63) is 12.7 Å². The number of alkyl halides is 17. The molecule has 1 N–H and O–H groups in total. The first-order valence-electron chi connectivity index (χ1n) is 8.32. The van der Waals surface area contributed by atoms with Crippen molar-refractivity contribution in [2.24, 2.45) is 0 Å². The molecule has 0 aromatic heterocycles. The average molecular weight is 578 g/mol. The van der Waals surface area contributed by atoms with E-state index >= 15 is 0 Å². The van der Waals surface area contributed by atoms with Crippen LogP contribution < -0.4 is 0 Å². The molecular formula is C15H11F17O4. The van der Waals surface area contributed by atoms with E-state index in [0.29, 0.717) is 7.11 Å². The van der Waals surface area contributed by atoms with Gasteiger partial charge in [0.05, 0.1) is 0 Å². The maximum absolute atomic E-state index is 13.8. The lowest BCUT2D eigenvalue weighted by molar-refractivity contribution is -0.462. The molecule has 0 spiro atoms. The number of rotatable bonds is 12. The van der Waals surface area contributed by atoms with Gasteiger partial charge in [-0.2, -0.15) is 74.6 Å². The Labute approximate surface area is 187 Å². The number of methoxy groups -OCH3 is 1. The molecule has 0 aliphatic rings. The van der Waals surface area contributed by atoms with Gasteiger partial charge in [-0.25, -0.2) is 4.79 Å². The van der Waals surface area contributed by atoms with Crippen molar-refractivity contribution < 1.29 is 94.0 Å². The Morgan fingerprint density at radius 2 is 1.00 bits per heavy atom. The van der Waals surface area contributed by atoms with Crippen LogP contribution in [0.5, 0.6) is 0 Å². The second kappa shape index (κ2) is 9.35. The fourth-order valence-electron chi connectivity index (χ4n) is 2.06. The van der Waals surface area contributed by atoms with Crippen LogP contribution in [0.3, 0.4) is 0 Å². The average Bonchev–Trinajstić information content (AvgIpc) is 2.70. The lowest BCUT2D eigenvalue weighted by Crippen LogP contribution is -2.74. The highest BCUT2D eigenvalue weighted by atomic mass is 19.4. The molecule has 0 saturated carbocycles. The molecular weight excluding hydrogens is 567 g/mol. The van der Waals surface area contributed by atoms with E-state index in [1.165, 1.54) is 0 Å². The number of hydrogen-bond acceptors (Lipinski definition) is 4. The minimum Gasteiger partial charge on any atom is -0.405 e. The Bertz CT molecular complexity index is 819. The van der Waals surface area contributed by atoms with Gasteiger partial charge < -0.3 is 14.6 Å². The third-order valence-corrected chi connectivity index (χ3v) is 4.29. The van der Waals surface area contributed by atoms with Crippen LogP contribution >= 0.6 is 0 Å². The van der Waals surface area contributed by atoms with Crippen LogP contribution in [-0.2, 0) is 14.3 Å². The second-order valence-electron chi connectivity index (χ2n) is 6.69. The first kappa shape index (κ1) is 33.9. The minimum absolute atomic E-state index is 0.185. The highest BCUT2D eigenvalue weighted by molar-refractivity contribution is 5.81. The molecule has 0 radical (unpaired) electrons. The number of aliphatic hydroxyl groups is 1. The Kier molecular flexibility index (Phi) is 8.82. The molecule has 0 heterocycles. The standard InChI is InChI=1S/C15H11F17O4/c1-3-6(33)36-8(34,35-2)5-4-7(16,17)9(18,19)10(20,21)11(22,23)12(24,25)13(26,27)14(28,29)15(30,31)32/h3,34H,1,4-5H2,2H3. The van der Waals surface area contributed by atoms with Crippen LogP contribution in [0.4, 0.5) is 74.6 Å². The first-order valence-corrected chi connectivity index (χ1v) is 8.32. The molecule has 36 heavy (non-hydrogen) atoms. The van der Waals surface area contributed by atoms with Gasteiger partial charge in [0.2, 0.25) is 0 Å². The zero-order chi connectivity index (χ0) is 29.6. The molecule has 0 aromatic carbocycles. The van der Waals surface area contributed by atoms with Crippen molar-refractivity contribution in [1.29, 1.82) is 0 Å². The topological polar surface area (TPSA) is 55.8 Å². The van der Waals surface area contributed by atoms with Crippen LogP contribution in [-0.4, -0.2) is 71.8 Å². The van der Waals surface area contributed by atoms with Gasteiger partial charge in [0.1, 0.15) is 0 Å². The molecule has 0 aliphatic carbocycles. The van der Waals surface area contributed by atoms with Crippen molar-refractivity contribution in [3.63, 3.8) is 0 Å². The summed E-state index contributed by atoms with van der Waals surface area (Å²) in [7, 11) is 0.304. The largest absolute Gasteiger partial charge is 0.460 e. The summed E-state index contributed by atoms with van der Waals surface area (Å²) in [5.41, 5.74) is 0. The summed E-state index contributed by atoms with van der Waals surface area (Å²) in [6, 6.07) is 0. The number of carbonyl (C=O) groups is 1. The van der Waals surface area contributed by atoms with Gasteiger partial charge in [0.15, 0.2) is 0 Å². The fraction of sp³-hybridized carbons (Fsp3) is 0.800. The van der Waals surface area contributed by atoms with Gasteiger partial charge in [0, 0.05) is 26.0 Å². The van der Waals surface area contributed by atoms with Gasteiger partial charge in [-0.1, -0.05) is 6.58 Å². The third kappa shape index (κ3) is 5.03. The maximum Gasteiger partial charge on any atom is 0.460 e. The van der Waals surface area contributed by atoms with Crippen LogP contribution in [0.25, 0.3) is 0 Å². The van der Waals surface area contributed by atoms with E-state index in [9.17, 15) is 84.5 Å². The highest BCUT2D eigenvalue weighted by Gasteiger charge is 2.95. The fourth-order valence-corrected chi connectivity index (χ4v) is 2.06. The second-order valence-corrected chi connectivity index (χ2v) is 6.69. The number of hydrogen-bond donors (Lipinski definition) is 1. The molecule has 21 heteroatoms. The lowest BCUT2D eigenvalue weighted by atomic mass is 9.88. The monoisotopic (exact) mass is 578 g/mol. The number of halogens is 17. The molecule has 4 nitrogen and oxygen atoms in total. The van der Waals surface area contributed by atoms with E-state index in [1.807, 2.05) is 0 Å². The summed E-state index contributed by atoms with van der Waals surface area (Å²) in [5, 5.41) is 9.48. The van der Waals surface area contributed by atoms with E-state index in [2.05, 4.69) is 16.1 Å². The van der Waals surface area contributed by atoms with Gasteiger partial charge in [0.25, 0.3) is 0 Å². The van der Waals surface area contributed by atoms with Crippen LogP contribution in [0.1, 0.15) is 12.8 Å². The minimum atomic E-state index is -8.74. The molecule has 1 unspecified atom stereocenters. The lowest BCUT2D eigenvalue weighted by Gasteiger charge is -2.43. The molecule has 0 bridgehead atoms. The molecule has 0 amide bonds. The number of carbonyl (C=O) groups excluding carboxylic acids is 1. The van der Waals surface area contributed by atoms with E-state index in [1.54, 1.807) is 0 Å². The SMILES string of the molecule is C=CC(=O)OC(O)(CCC(F)(F)C(F)(F)C(F)(F)C(F)(F)C(F)(F)C(F)(F)C(F)(F)C(F)(F)F)OC. The summed E-state index contributed by atoms with van der Waals surface area (Å²) >= 11 is 0. The van der Waals surface area contributed by atoms with Gasteiger partial charge in [-0.05, 0) is 0 Å². The summed E-state index contributed by atoms with van der Waals surface area (Å²) < 4.78 is 231. The van der Waals surface area contributed by atoms with Crippen LogP contribution in [0.15, 0.2) is 12.7 Å². The molecule has 0 fully saturated rings. The van der Waals surface area contributed by atoms with Crippen molar-refractivity contribution in [3.8, 4) is 0 Å². The molecule has 0 aliphatic heterocycles. The summed E-state index contributed by atoms with van der Waals surface area (Å²) in [6.45, 7) is 2.71. The summed E-state index contributed by atoms with van der Waals surface area (Å²) in [6.07, 6.45) is -13.0. The normalized spacial score (nSPS) is 17.0. The van der Waals surface area contributed by atoms with Gasteiger partial charge in [-0.3, -0.25) is 0 Å². The third-order valence-electron chi connectivity index (χ3n) is 4.29. The maximum atomic E-state index is 13.8. The zero-order valence-electron chi connectivity index (χ0n) is 16.8.